The molecule has 5 aromatic carbocycles. The SMILES string of the molecule is OBOc1cccc2c1oc1nc(-c3cc4ccccc4c4ccccc34)nc(-c3ccccc3)c12. The van der Waals surface area contributed by atoms with Gasteiger partial charge in [-0.1, -0.05) is 91.0 Å². The molecule has 7 aromatic rings. The minimum Gasteiger partial charge on any atom is -0.536 e. The molecule has 0 bridgehead atoms. The molecule has 0 saturated carbocycles. The molecule has 0 atom stereocenters. The zero-order valence-electron chi connectivity index (χ0n) is 19.2. The van der Waals surface area contributed by atoms with Crippen molar-refractivity contribution in [2.75, 3.05) is 0 Å². The van der Waals surface area contributed by atoms with Crippen molar-refractivity contribution in [2.45, 2.75) is 0 Å². The van der Waals surface area contributed by atoms with Crippen LogP contribution in [0, 0.1) is 0 Å². The van der Waals surface area contributed by atoms with Gasteiger partial charge in [0.05, 0.1) is 11.1 Å². The Morgan fingerprint density at radius 2 is 1.42 bits per heavy atom. The van der Waals surface area contributed by atoms with Crippen LogP contribution in [0.3, 0.4) is 0 Å². The summed E-state index contributed by atoms with van der Waals surface area (Å²) in [4.78, 5) is 10.1. The van der Waals surface area contributed by atoms with Gasteiger partial charge < -0.3 is 14.1 Å². The first kappa shape index (κ1) is 20.7. The number of rotatable bonds is 4. The van der Waals surface area contributed by atoms with E-state index in [1.165, 1.54) is 5.39 Å². The Morgan fingerprint density at radius 3 is 2.25 bits per heavy atom. The van der Waals surface area contributed by atoms with E-state index in [1.807, 2.05) is 54.6 Å². The van der Waals surface area contributed by atoms with Crippen molar-refractivity contribution in [2.24, 2.45) is 0 Å². The Balaban J connectivity index is 1.60. The van der Waals surface area contributed by atoms with Gasteiger partial charge in [0, 0.05) is 16.5 Å². The number of para-hydroxylation sites is 1. The largest absolute Gasteiger partial charge is 0.536 e. The second kappa shape index (κ2) is 8.22. The van der Waals surface area contributed by atoms with Gasteiger partial charge in [0.1, 0.15) is 5.75 Å². The Kier molecular flexibility index (Phi) is 4.72. The van der Waals surface area contributed by atoms with Crippen LogP contribution in [0.2, 0.25) is 0 Å². The van der Waals surface area contributed by atoms with Crippen LogP contribution in [0.5, 0.6) is 5.75 Å². The highest BCUT2D eigenvalue weighted by molar-refractivity contribution is 6.19. The van der Waals surface area contributed by atoms with Crippen molar-refractivity contribution in [3.63, 3.8) is 0 Å². The zero-order chi connectivity index (χ0) is 24.1. The predicted molar refractivity (Wildman–Crippen MR) is 145 cm³/mol. The first-order valence-electron chi connectivity index (χ1n) is 11.7. The summed E-state index contributed by atoms with van der Waals surface area (Å²) < 4.78 is 11.7. The average molecular weight is 466 g/mol. The van der Waals surface area contributed by atoms with Crippen LogP contribution in [0.4, 0.5) is 0 Å². The molecule has 2 heterocycles. The van der Waals surface area contributed by atoms with Gasteiger partial charge in [0.2, 0.25) is 5.71 Å². The number of hydrogen-bond acceptors (Lipinski definition) is 5. The molecule has 7 rings (SSSR count). The summed E-state index contributed by atoms with van der Waals surface area (Å²) >= 11 is 0. The predicted octanol–water partition coefficient (Wildman–Crippen LogP) is 6.65. The summed E-state index contributed by atoms with van der Waals surface area (Å²) in [6.07, 6.45) is 0. The van der Waals surface area contributed by atoms with Gasteiger partial charge in [-0.2, -0.15) is 4.98 Å². The fourth-order valence-corrected chi connectivity index (χ4v) is 5.02. The molecule has 36 heavy (non-hydrogen) atoms. The maximum Gasteiger partial charge on any atom is 0.504 e. The van der Waals surface area contributed by atoms with E-state index in [1.54, 1.807) is 6.07 Å². The Bertz CT molecular complexity index is 1920. The van der Waals surface area contributed by atoms with Crippen LogP contribution in [0.15, 0.2) is 108 Å². The first-order chi connectivity index (χ1) is 17.8. The molecule has 170 valence electrons. The van der Waals surface area contributed by atoms with Gasteiger partial charge in [0.25, 0.3) is 0 Å². The molecule has 0 aliphatic rings. The quantitative estimate of drug-likeness (QED) is 0.232. The molecule has 0 spiro atoms. The standard InChI is InChI=1S/C30H19BN2O3/c34-31-36-25-16-8-15-23-26-27(18-9-2-1-3-10-18)32-29(33-30(26)35-28(23)25)24-17-19-11-4-5-12-20(19)21-13-6-7-14-22(21)24/h1-17,31,34H. The van der Waals surface area contributed by atoms with Crippen LogP contribution in [0.1, 0.15) is 0 Å². The smallest absolute Gasteiger partial charge is 0.504 e. The molecule has 0 amide bonds. The highest BCUT2D eigenvalue weighted by Crippen LogP contribution is 2.41. The molecule has 1 N–H and O–H groups in total. The summed E-state index contributed by atoms with van der Waals surface area (Å²) in [5.74, 6) is 1.05. The number of hydrogen-bond donors (Lipinski definition) is 1. The second-order valence-electron chi connectivity index (χ2n) is 8.64. The highest BCUT2D eigenvalue weighted by atomic mass is 16.5. The third kappa shape index (κ3) is 3.16. The first-order valence-corrected chi connectivity index (χ1v) is 11.7. The van der Waals surface area contributed by atoms with E-state index in [0.29, 0.717) is 22.9 Å². The molecule has 5 nitrogen and oxygen atoms in total. The highest BCUT2D eigenvalue weighted by Gasteiger charge is 2.21. The van der Waals surface area contributed by atoms with Crippen molar-refractivity contribution in [1.29, 1.82) is 0 Å². The lowest BCUT2D eigenvalue weighted by molar-refractivity contribution is 0.451. The van der Waals surface area contributed by atoms with E-state index < -0.39 is 7.69 Å². The normalized spacial score (nSPS) is 11.5. The third-order valence-corrected chi connectivity index (χ3v) is 6.60. The third-order valence-electron chi connectivity index (χ3n) is 6.60. The summed E-state index contributed by atoms with van der Waals surface area (Å²) in [7, 11) is -0.443. The van der Waals surface area contributed by atoms with Crippen molar-refractivity contribution in [3.8, 4) is 28.4 Å². The van der Waals surface area contributed by atoms with Gasteiger partial charge in [-0.15, -0.1) is 0 Å². The topological polar surface area (TPSA) is 68.4 Å². The number of furan rings is 1. The minimum atomic E-state index is -0.443. The molecule has 0 radical (unpaired) electrons. The number of fused-ring (bicyclic) bond motifs is 6. The Labute approximate surface area is 206 Å². The van der Waals surface area contributed by atoms with Crippen molar-refractivity contribution in [1.82, 2.24) is 9.97 Å². The molecule has 0 unspecified atom stereocenters. The zero-order valence-corrected chi connectivity index (χ0v) is 19.2. The summed E-state index contributed by atoms with van der Waals surface area (Å²) in [5, 5.41) is 15.6. The van der Waals surface area contributed by atoms with E-state index >= 15 is 0 Å². The lowest BCUT2D eigenvalue weighted by Gasteiger charge is -2.11. The molecule has 0 fully saturated rings. The van der Waals surface area contributed by atoms with E-state index in [-0.39, 0.29) is 0 Å². The second-order valence-corrected chi connectivity index (χ2v) is 8.64. The maximum atomic E-state index is 9.37. The fourth-order valence-electron chi connectivity index (χ4n) is 5.02. The van der Waals surface area contributed by atoms with Crippen LogP contribution >= 0.6 is 0 Å². The molecule has 0 saturated heterocycles. The Morgan fingerprint density at radius 1 is 0.694 bits per heavy atom. The fraction of sp³-hybridized carbons (Fsp3) is 0. The van der Waals surface area contributed by atoms with Crippen molar-refractivity contribution in [3.05, 3.63) is 103 Å². The molecule has 2 aromatic heterocycles. The van der Waals surface area contributed by atoms with E-state index in [0.717, 1.165) is 43.8 Å². The molecular formula is C30H19BN2O3. The van der Waals surface area contributed by atoms with Gasteiger partial charge in [-0.3, -0.25) is 0 Å². The lowest BCUT2D eigenvalue weighted by atomic mass is 9.96. The van der Waals surface area contributed by atoms with E-state index in [9.17, 15) is 5.02 Å². The van der Waals surface area contributed by atoms with Gasteiger partial charge in [-0.25, -0.2) is 4.98 Å². The number of aromatic nitrogens is 2. The minimum absolute atomic E-state index is 0.443. The number of nitrogens with zero attached hydrogens (tertiary/aromatic N) is 2. The molecule has 0 aliphatic heterocycles. The van der Waals surface area contributed by atoms with Crippen molar-refractivity contribution < 1.29 is 14.1 Å². The average Bonchev–Trinajstić information content (AvgIpc) is 3.32. The molecular weight excluding hydrogens is 447 g/mol. The van der Waals surface area contributed by atoms with Crippen LogP contribution in [-0.2, 0) is 0 Å². The summed E-state index contributed by atoms with van der Waals surface area (Å²) in [6, 6.07) is 34.5. The summed E-state index contributed by atoms with van der Waals surface area (Å²) in [5.41, 5.74) is 3.70. The Hall–Kier alpha value is -4.68. The van der Waals surface area contributed by atoms with Gasteiger partial charge in [0.15, 0.2) is 11.4 Å². The van der Waals surface area contributed by atoms with Gasteiger partial charge in [-0.05, 0) is 33.7 Å². The van der Waals surface area contributed by atoms with E-state index in [4.69, 9.17) is 19.0 Å². The van der Waals surface area contributed by atoms with Crippen LogP contribution in [-0.4, -0.2) is 22.7 Å². The van der Waals surface area contributed by atoms with Crippen molar-refractivity contribution >= 4 is 51.3 Å². The molecule has 6 heteroatoms. The number of benzene rings is 5. The van der Waals surface area contributed by atoms with E-state index in [2.05, 4.69) is 42.5 Å². The van der Waals surface area contributed by atoms with Gasteiger partial charge >= 0.3 is 7.69 Å². The maximum absolute atomic E-state index is 9.37. The molecule has 0 aliphatic carbocycles. The monoisotopic (exact) mass is 466 g/mol. The lowest BCUT2D eigenvalue weighted by Crippen LogP contribution is -1.99. The summed E-state index contributed by atoms with van der Waals surface area (Å²) in [6.45, 7) is 0. The van der Waals surface area contributed by atoms with Crippen LogP contribution in [0.25, 0.3) is 66.3 Å². The van der Waals surface area contributed by atoms with Crippen LogP contribution < -0.4 is 4.65 Å².